The maximum absolute atomic E-state index is 11.9. The number of phenolic OH excluding ortho intramolecular Hbond substituents is 2. The van der Waals surface area contributed by atoms with Crippen LogP contribution in [0.25, 0.3) is 0 Å². The molecule has 0 unspecified atom stereocenters. The quantitative estimate of drug-likeness (QED) is 0.153. The van der Waals surface area contributed by atoms with E-state index in [1.54, 1.807) is 36.5 Å². The lowest BCUT2D eigenvalue weighted by molar-refractivity contribution is -0.156. The second kappa shape index (κ2) is 14.6. The lowest BCUT2D eigenvalue weighted by atomic mass is 9.65. The van der Waals surface area contributed by atoms with E-state index in [4.69, 9.17) is 18.9 Å². The van der Waals surface area contributed by atoms with Gasteiger partial charge in [-0.2, -0.15) is 11.9 Å². The lowest BCUT2D eigenvalue weighted by Crippen LogP contribution is -2.53. The predicted molar refractivity (Wildman–Crippen MR) is 152 cm³/mol. The molecule has 0 bridgehead atoms. The van der Waals surface area contributed by atoms with Gasteiger partial charge in [-0.25, -0.2) is 0 Å². The zero-order chi connectivity index (χ0) is 30.2. The van der Waals surface area contributed by atoms with Crippen LogP contribution in [0.3, 0.4) is 0 Å². The number of aryl methyl sites for hydroxylation is 1. The number of methoxy groups -OCH3 is 2. The number of rotatable bonds is 14. The third-order valence-corrected chi connectivity index (χ3v) is 8.19. The van der Waals surface area contributed by atoms with E-state index >= 15 is 0 Å². The van der Waals surface area contributed by atoms with Crippen LogP contribution in [0.2, 0.25) is 0 Å². The Morgan fingerprint density at radius 3 is 2.31 bits per heavy atom. The Morgan fingerprint density at radius 2 is 1.64 bits per heavy atom. The maximum Gasteiger partial charge on any atom is 0.200 e. The number of ether oxygens (including phenoxy) is 4. The molecular formula is C31H40NO10-. The van der Waals surface area contributed by atoms with Crippen LogP contribution in [0.4, 0.5) is 0 Å². The van der Waals surface area contributed by atoms with Gasteiger partial charge in [0.25, 0.3) is 0 Å². The van der Waals surface area contributed by atoms with Crippen molar-refractivity contribution in [2.75, 3.05) is 27.8 Å². The van der Waals surface area contributed by atoms with Crippen molar-refractivity contribution in [3.05, 3.63) is 65.5 Å². The molecule has 0 spiro atoms. The van der Waals surface area contributed by atoms with Gasteiger partial charge in [0.15, 0.2) is 29.8 Å². The number of benzene rings is 2. The molecule has 0 aliphatic heterocycles. The third kappa shape index (κ3) is 7.29. The monoisotopic (exact) mass is 586 g/mol. The van der Waals surface area contributed by atoms with Crippen LogP contribution in [0, 0.1) is 17.8 Å². The fraction of sp³-hybridized carbons (Fsp3) is 0.484. The summed E-state index contributed by atoms with van der Waals surface area (Å²) in [4.78, 5) is 4.40. The van der Waals surface area contributed by atoms with E-state index < -0.39 is 43.7 Å². The van der Waals surface area contributed by atoms with Crippen LogP contribution in [-0.4, -0.2) is 76.8 Å². The molecule has 2 aromatic carbocycles. The molecule has 0 radical (unpaired) electrons. The molecule has 0 saturated heterocycles. The highest BCUT2D eigenvalue weighted by molar-refractivity contribution is 5.53. The molecule has 230 valence electrons. The smallest absolute Gasteiger partial charge is 0.200 e. The Morgan fingerprint density at radius 1 is 0.905 bits per heavy atom. The third-order valence-electron chi connectivity index (χ3n) is 8.19. The second-order valence-electron chi connectivity index (χ2n) is 10.6. The Hall–Kier alpha value is -3.48. The van der Waals surface area contributed by atoms with Crippen LogP contribution in [0.5, 0.6) is 28.7 Å². The average Bonchev–Trinajstić information content (AvgIpc) is 3.49. The standard InChI is InChI=1S/C31H40NO10/c1-39-26-11-18(5-7-23(26)35)6-8-25(41-16-33)29-20(14-21-4-3-9-32-21)15-24(36)22(30(29)37)10-19-12-27(40-2)31(38)28(13-19)42-17-34/h3-5,7,9,11-13,20,22,24-25,29-30,33-38H,6,8,10,14-17H2,1-2H3/q-1/t20-,22+,24+,25+,29-,30+/m1/s1. The van der Waals surface area contributed by atoms with Gasteiger partial charge in [0, 0.05) is 11.8 Å². The van der Waals surface area contributed by atoms with Crippen LogP contribution < -0.4 is 19.2 Å². The summed E-state index contributed by atoms with van der Waals surface area (Å²) in [6, 6.07) is 12.0. The highest BCUT2D eigenvalue weighted by Gasteiger charge is 2.46. The Bertz CT molecular complexity index is 1270. The van der Waals surface area contributed by atoms with Gasteiger partial charge in [0.05, 0.1) is 32.5 Å². The molecule has 42 heavy (non-hydrogen) atoms. The molecule has 11 nitrogen and oxygen atoms in total. The van der Waals surface area contributed by atoms with Crippen LogP contribution in [0.1, 0.15) is 29.7 Å². The summed E-state index contributed by atoms with van der Waals surface area (Å²) in [7, 11) is 2.87. The molecule has 6 atom stereocenters. The van der Waals surface area contributed by atoms with Gasteiger partial charge in [-0.15, -0.1) is 0 Å². The van der Waals surface area contributed by atoms with E-state index in [0.717, 1.165) is 11.3 Å². The normalized spacial score (nSPS) is 23.0. The minimum atomic E-state index is -1.03. The van der Waals surface area contributed by atoms with Crippen LogP contribution >= 0.6 is 0 Å². The van der Waals surface area contributed by atoms with Gasteiger partial charge in [0.2, 0.25) is 5.75 Å². The topological polar surface area (TPSA) is 172 Å². The summed E-state index contributed by atoms with van der Waals surface area (Å²) in [5, 5.41) is 62.6. The van der Waals surface area contributed by atoms with Gasteiger partial charge in [0.1, 0.15) is 6.79 Å². The SMILES string of the molecule is COc1cc(CC[C@H](OCO)[C@H]2[C@H](Cc3ccc[n-]3)C[C@H](O)[C@H](Cc3cc(OC)c(O)c(OCO)c3)[C@@H]2O)ccc1O. The molecule has 1 fully saturated rings. The molecule has 1 heterocycles. The van der Waals surface area contributed by atoms with E-state index in [-0.39, 0.29) is 35.3 Å². The van der Waals surface area contributed by atoms with Gasteiger partial charge in [-0.3, -0.25) is 0 Å². The van der Waals surface area contributed by atoms with Gasteiger partial charge < -0.3 is 54.6 Å². The van der Waals surface area contributed by atoms with Crippen molar-refractivity contribution >= 4 is 0 Å². The number of aliphatic hydroxyl groups excluding tert-OH is 4. The molecule has 0 amide bonds. The Labute approximate surface area is 244 Å². The molecule has 1 aliphatic rings. The summed E-state index contributed by atoms with van der Waals surface area (Å²) in [6.45, 7) is -1.19. The number of aliphatic hydroxyl groups is 4. The summed E-state index contributed by atoms with van der Waals surface area (Å²) < 4.78 is 21.5. The number of phenols is 2. The Kier molecular flexibility index (Phi) is 10.9. The highest BCUT2D eigenvalue weighted by Crippen LogP contribution is 2.44. The van der Waals surface area contributed by atoms with Crippen molar-refractivity contribution in [1.82, 2.24) is 4.98 Å². The van der Waals surface area contributed by atoms with E-state index in [2.05, 4.69) is 4.98 Å². The molecule has 6 N–H and O–H groups in total. The summed E-state index contributed by atoms with van der Waals surface area (Å²) in [6.07, 6.45) is 1.32. The Balaban J connectivity index is 1.63. The molecule has 4 rings (SSSR count). The van der Waals surface area contributed by atoms with Crippen LogP contribution in [0.15, 0.2) is 48.7 Å². The largest absolute Gasteiger partial charge is 0.668 e. The van der Waals surface area contributed by atoms with Crippen molar-refractivity contribution < 1.29 is 49.6 Å². The second-order valence-corrected chi connectivity index (χ2v) is 10.6. The number of aromatic nitrogens is 1. The van der Waals surface area contributed by atoms with Gasteiger partial charge in [-0.05, 0) is 73.4 Å². The van der Waals surface area contributed by atoms with Crippen molar-refractivity contribution in [3.63, 3.8) is 0 Å². The fourth-order valence-corrected chi connectivity index (χ4v) is 6.19. The first-order valence-corrected chi connectivity index (χ1v) is 13.9. The first-order chi connectivity index (χ1) is 20.3. The van der Waals surface area contributed by atoms with Crippen molar-refractivity contribution in [2.45, 2.75) is 50.4 Å². The highest BCUT2D eigenvalue weighted by atomic mass is 16.6. The first kappa shape index (κ1) is 31.5. The summed E-state index contributed by atoms with van der Waals surface area (Å²) in [5.41, 5.74) is 2.35. The van der Waals surface area contributed by atoms with Crippen molar-refractivity contribution in [3.8, 4) is 28.7 Å². The summed E-state index contributed by atoms with van der Waals surface area (Å²) in [5.74, 6) is -1.00. The van der Waals surface area contributed by atoms with Gasteiger partial charge in [-0.1, -0.05) is 18.2 Å². The van der Waals surface area contributed by atoms with Crippen molar-refractivity contribution in [2.24, 2.45) is 17.8 Å². The zero-order valence-corrected chi connectivity index (χ0v) is 23.8. The van der Waals surface area contributed by atoms with E-state index in [1.165, 1.54) is 14.2 Å². The predicted octanol–water partition coefficient (Wildman–Crippen LogP) is 2.13. The number of nitrogens with zero attached hydrogens (tertiary/aromatic N) is 1. The minimum Gasteiger partial charge on any atom is -0.668 e. The molecular weight excluding hydrogens is 546 g/mol. The fourth-order valence-electron chi connectivity index (χ4n) is 6.19. The van der Waals surface area contributed by atoms with Crippen LogP contribution in [-0.2, 0) is 24.0 Å². The minimum absolute atomic E-state index is 0.0224. The number of hydrogen-bond donors (Lipinski definition) is 6. The number of aromatic hydroxyl groups is 2. The molecule has 1 aromatic heterocycles. The molecule has 1 saturated carbocycles. The number of hydrogen-bond acceptors (Lipinski definition) is 10. The van der Waals surface area contributed by atoms with E-state index in [9.17, 15) is 30.6 Å². The molecule has 1 aliphatic carbocycles. The lowest BCUT2D eigenvalue weighted by Gasteiger charge is -2.47. The van der Waals surface area contributed by atoms with E-state index in [0.29, 0.717) is 37.0 Å². The van der Waals surface area contributed by atoms with E-state index in [1.807, 2.05) is 12.1 Å². The maximum atomic E-state index is 11.9. The molecule has 11 heteroatoms. The zero-order valence-electron chi connectivity index (χ0n) is 23.8. The summed E-state index contributed by atoms with van der Waals surface area (Å²) >= 11 is 0. The van der Waals surface area contributed by atoms with Gasteiger partial charge >= 0.3 is 0 Å². The average molecular weight is 587 g/mol. The first-order valence-electron chi connectivity index (χ1n) is 13.9. The molecule has 3 aromatic rings. The van der Waals surface area contributed by atoms with Crippen molar-refractivity contribution in [1.29, 1.82) is 0 Å².